The molecule has 0 saturated carbocycles. The Balaban J connectivity index is 0.000000403. The average Bonchev–Trinajstić information content (AvgIpc) is 3.29. The van der Waals surface area contributed by atoms with Crippen LogP contribution >= 0.6 is 11.6 Å². The molecule has 0 amide bonds. The van der Waals surface area contributed by atoms with E-state index in [9.17, 15) is 20.4 Å². The Hall–Kier alpha value is -2.97. The molecular formula is C26H36ClN5O7. The van der Waals surface area contributed by atoms with Crippen LogP contribution in [0.1, 0.15) is 23.6 Å². The summed E-state index contributed by atoms with van der Waals surface area (Å²) in [4.78, 5) is 4.96. The van der Waals surface area contributed by atoms with E-state index in [4.69, 9.17) is 42.7 Å². The average molecular weight is 566 g/mol. The third kappa shape index (κ3) is 6.44. The monoisotopic (exact) mass is 565 g/mol. The van der Waals surface area contributed by atoms with Crippen LogP contribution in [0.3, 0.4) is 0 Å². The number of ether oxygens (including phenoxy) is 3. The molecule has 0 aliphatic carbocycles. The number of aliphatic imine (C=N–C) groups is 1. The van der Waals surface area contributed by atoms with Gasteiger partial charge in [0.05, 0.1) is 19.8 Å². The number of hydrogen-bond acceptors (Lipinski definition) is 8. The normalized spacial score (nSPS) is 27.2. The fourth-order valence-corrected chi connectivity index (χ4v) is 4.50. The van der Waals surface area contributed by atoms with Crippen molar-refractivity contribution in [2.45, 2.75) is 43.0 Å². The zero-order chi connectivity index (χ0) is 29.0. The quantitative estimate of drug-likeness (QED) is 0.186. The second-order valence-electron chi connectivity index (χ2n) is 9.48. The van der Waals surface area contributed by atoms with Gasteiger partial charge in [0.2, 0.25) is 11.7 Å². The van der Waals surface area contributed by atoms with Gasteiger partial charge >= 0.3 is 0 Å². The van der Waals surface area contributed by atoms with E-state index in [1.165, 1.54) is 4.90 Å². The Labute approximate surface area is 231 Å². The molecule has 2 bridgehead atoms. The van der Waals surface area contributed by atoms with Crippen molar-refractivity contribution in [2.24, 2.45) is 16.5 Å². The highest BCUT2D eigenvalue weighted by atomic mass is 35.5. The van der Waals surface area contributed by atoms with Crippen molar-refractivity contribution >= 4 is 23.5 Å². The van der Waals surface area contributed by atoms with Gasteiger partial charge in [0.1, 0.15) is 29.7 Å². The minimum Gasteiger partial charge on any atom is -0.494 e. The Kier molecular flexibility index (Phi) is 9.78. The fourth-order valence-electron chi connectivity index (χ4n) is 4.31. The van der Waals surface area contributed by atoms with E-state index in [1.54, 1.807) is 32.3 Å². The number of rotatable bonds is 6. The molecule has 0 aromatic heterocycles. The predicted octanol–water partition coefficient (Wildman–Crippen LogP) is 0.113. The summed E-state index contributed by atoms with van der Waals surface area (Å²) in [5.41, 5.74) is 10.7. The number of hydrogen-bond donors (Lipinski definition) is 7. The van der Waals surface area contributed by atoms with Crippen LogP contribution in [0.2, 0.25) is 5.02 Å². The molecule has 39 heavy (non-hydrogen) atoms. The maximum absolute atomic E-state index is 10.7. The molecule has 0 unspecified atom stereocenters. The summed E-state index contributed by atoms with van der Waals surface area (Å²) < 4.78 is 17.1. The summed E-state index contributed by atoms with van der Waals surface area (Å²) in [7, 11) is 3.38. The number of nitrogens with two attached hydrogens (primary N) is 2. The van der Waals surface area contributed by atoms with Gasteiger partial charge in [0.15, 0.2) is 5.96 Å². The number of nitrogens with one attached hydrogen (secondary N) is 1. The van der Waals surface area contributed by atoms with Crippen LogP contribution in [0.25, 0.3) is 0 Å². The molecular weight excluding hydrogens is 530 g/mol. The molecule has 2 saturated heterocycles. The van der Waals surface area contributed by atoms with Crippen LogP contribution in [-0.2, 0) is 21.7 Å². The topological polar surface area (TPSA) is 200 Å². The number of fused-ring (bicyclic) bond motifs is 2. The van der Waals surface area contributed by atoms with Crippen LogP contribution in [0.5, 0.6) is 5.75 Å². The highest BCUT2D eigenvalue weighted by molar-refractivity contribution is 6.31. The van der Waals surface area contributed by atoms with E-state index in [0.717, 1.165) is 16.9 Å². The number of halogens is 1. The lowest BCUT2D eigenvalue weighted by atomic mass is 9.83. The predicted molar refractivity (Wildman–Crippen MR) is 146 cm³/mol. The Morgan fingerprint density at radius 2 is 1.82 bits per heavy atom. The molecule has 214 valence electrons. The molecule has 0 spiro atoms. The highest BCUT2D eigenvalue weighted by Crippen LogP contribution is 2.49. The van der Waals surface area contributed by atoms with Gasteiger partial charge in [-0.15, -0.1) is 0 Å². The van der Waals surface area contributed by atoms with E-state index >= 15 is 0 Å². The molecule has 4 rings (SSSR count). The summed E-state index contributed by atoms with van der Waals surface area (Å²) >= 11 is 6.41. The minimum absolute atomic E-state index is 0.0509. The summed E-state index contributed by atoms with van der Waals surface area (Å²) in [5, 5.41) is 48.7. The lowest BCUT2D eigenvalue weighted by Gasteiger charge is -2.46. The number of nitrogens with zero attached hydrogens (tertiary/aromatic N) is 2. The molecule has 13 heteroatoms. The fraction of sp³-hybridized carbons (Fsp3) is 0.462. The number of aliphatic hydroxyl groups excluding tert-OH is 4. The summed E-state index contributed by atoms with van der Waals surface area (Å²) in [6, 6.07) is 12.7. The van der Waals surface area contributed by atoms with Crippen molar-refractivity contribution in [3.05, 3.63) is 64.2 Å². The standard InChI is InChI=1S/C22H25ClO7.C4H11N5/c1-2-28-16-6-3-13(4-7-16)9-14-10-15(5-8-17(14)23)22-20(27)18(25)19(26)21(11-24,30-22)12-29-22;1-9(2)4(7)8-3(5)6/h3-8,10,18-20,24-27H,2,9,11-12H2,1H3;1-2H3,(H5,5,6,7,8)/t18-,19-,20+,21-,22-;/m0./s1. The van der Waals surface area contributed by atoms with Crippen molar-refractivity contribution in [1.82, 2.24) is 4.90 Å². The first-order valence-corrected chi connectivity index (χ1v) is 12.6. The van der Waals surface area contributed by atoms with Gasteiger partial charge in [0.25, 0.3) is 0 Å². The zero-order valence-corrected chi connectivity index (χ0v) is 22.8. The second kappa shape index (κ2) is 12.5. The van der Waals surface area contributed by atoms with Crippen molar-refractivity contribution in [3.8, 4) is 5.75 Å². The molecule has 0 radical (unpaired) electrons. The minimum atomic E-state index is -1.71. The van der Waals surface area contributed by atoms with Crippen LogP contribution in [0.4, 0.5) is 0 Å². The van der Waals surface area contributed by atoms with E-state index in [2.05, 4.69) is 4.99 Å². The summed E-state index contributed by atoms with van der Waals surface area (Å²) in [6.07, 6.45) is -4.06. The third-order valence-corrected chi connectivity index (χ3v) is 6.83. The Morgan fingerprint density at radius 3 is 2.36 bits per heavy atom. The number of aliphatic hydroxyl groups is 4. The molecule has 2 aromatic carbocycles. The van der Waals surface area contributed by atoms with Crippen LogP contribution < -0.4 is 16.2 Å². The van der Waals surface area contributed by atoms with Crippen LogP contribution in [-0.4, -0.2) is 95.1 Å². The van der Waals surface area contributed by atoms with Crippen LogP contribution in [0.15, 0.2) is 47.5 Å². The van der Waals surface area contributed by atoms with Gasteiger partial charge < -0.3 is 51.0 Å². The number of guanidine groups is 2. The van der Waals surface area contributed by atoms with Gasteiger partial charge in [-0.25, -0.2) is 0 Å². The summed E-state index contributed by atoms with van der Waals surface area (Å²) in [6.45, 7) is 1.78. The van der Waals surface area contributed by atoms with Gasteiger partial charge in [-0.3, -0.25) is 5.41 Å². The zero-order valence-electron chi connectivity index (χ0n) is 22.0. The molecule has 2 aromatic rings. The first-order valence-electron chi connectivity index (χ1n) is 12.2. The summed E-state index contributed by atoms with van der Waals surface area (Å²) in [5.74, 6) is -0.964. The van der Waals surface area contributed by atoms with Crippen molar-refractivity contribution in [2.75, 3.05) is 33.9 Å². The molecule has 2 aliphatic heterocycles. The second-order valence-corrected chi connectivity index (χ2v) is 9.88. The molecule has 2 heterocycles. The molecule has 9 N–H and O–H groups in total. The maximum atomic E-state index is 10.7. The van der Waals surface area contributed by atoms with Crippen molar-refractivity contribution in [1.29, 1.82) is 5.41 Å². The maximum Gasteiger partial charge on any atom is 0.225 e. The lowest BCUT2D eigenvalue weighted by Crippen LogP contribution is -2.65. The van der Waals surface area contributed by atoms with E-state index in [-0.39, 0.29) is 18.5 Å². The first kappa shape index (κ1) is 30.6. The smallest absolute Gasteiger partial charge is 0.225 e. The molecule has 5 atom stereocenters. The van der Waals surface area contributed by atoms with Gasteiger partial charge in [-0.05, 0) is 48.7 Å². The van der Waals surface area contributed by atoms with Gasteiger partial charge in [-0.2, -0.15) is 4.99 Å². The third-order valence-electron chi connectivity index (χ3n) is 6.46. The van der Waals surface area contributed by atoms with Gasteiger partial charge in [0, 0.05) is 24.7 Å². The Morgan fingerprint density at radius 1 is 1.15 bits per heavy atom. The van der Waals surface area contributed by atoms with E-state index in [1.807, 2.05) is 31.2 Å². The van der Waals surface area contributed by atoms with Crippen LogP contribution in [0, 0.1) is 5.41 Å². The molecule has 12 nitrogen and oxygen atoms in total. The first-order chi connectivity index (χ1) is 18.4. The lowest BCUT2D eigenvalue weighted by molar-refractivity contribution is -0.329. The molecule has 2 fully saturated rings. The largest absolute Gasteiger partial charge is 0.494 e. The molecule has 2 aliphatic rings. The van der Waals surface area contributed by atoms with Crippen molar-refractivity contribution < 1.29 is 34.6 Å². The van der Waals surface area contributed by atoms with Gasteiger partial charge in [-0.1, -0.05) is 29.8 Å². The highest BCUT2D eigenvalue weighted by Gasteiger charge is 2.67. The number of benzene rings is 2. The SMILES string of the molecule is CCOc1ccc(Cc2cc([C@]34OC[C@](CO)(O3)[C@@H](O)[C@H](O)[C@H]4O)ccc2Cl)cc1.CN(C)C(=N)N=C(N)N. The van der Waals surface area contributed by atoms with E-state index in [0.29, 0.717) is 23.6 Å². The van der Waals surface area contributed by atoms with Crippen molar-refractivity contribution in [3.63, 3.8) is 0 Å². The Bertz CT molecular complexity index is 1180. The van der Waals surface area contributed by atoms with E-state index < -0.39 is 36.3 Å².